The fourth-order valence-corrected chi connectivity index (χ4v) is 3.59. The van der Waals surface area contributed by atoms with E-state index in [1.807, 2.05) is 32.0 Å². The number of fused-ring (bicyclic) bond motifs is 1. The molecule has 0 bridgehead atoms. The summed E-state index contributed by atoms with van der Waals surface area (Å²) in [5.41, 5.74) is 3.03. The molecule has 2 amide bonds. The van der Waals surface area contributed by atoms with E-state index in [2.05, 4.69) is 15.3 Å². The summed E-state index contributed by atoms with van der Waals surface area (Å²) < 4.78 is 38.9. The van der Waals surface area contributed by atoms with E-state index >= 15 is 0 Å². The minimum Gasteiger partial charge on any atom is -0.325 e. The van der Waals surface area contributed by atoms with Crippen molar-refractivity contribution in [1.82, 2.24) is 4.98 Å². The van der Waals surface area contributed by atoms with Crippen LogP contribution in [0.25, 0.3) is 0 Å². The van der Waals surface area contributed by atoms with Crippen molar-refractivity contribution in [3.63, 3.8) is 0 Å². The molecule has 2 heterocycles. The molecule has 9 heteroatoms. The number of hydrogen-bond donors (Lipinski definition) is 1. The Kier molecular flexibility index (Phi) is 6.19. The van der Waals surface area contributed by atoms with Gasteiger partial charge in [0.2, 0.25) is 11.8 Å². The first kappa shape index (κ1) is 23.2. The molecule has 1 aromatic heterocycles. The van der Waals surface area contributed by atoms with Gasteiger partial charge in [-0.15, -0.1) is 0 Å². The van der Waals surface area contributed by atoms with Crippen LogP contribution in [0.5, 0.6) is 0 Å². The largest absolute Gasteiger partial charge is 0.416 e. The number of anilines is 2. The molecule has 1 aliphatic rings. The normalized spacial score (nSPS) is 13.7. The first-order chi connectivity index (χ1) is 16.1. The number of benzene rings is 2. The van der Waals surface area contributed by atoms with Crippen molar-refractivity contribution in [2.24, 2.45) is 4.99 Å². The van der Waals surface area contributed by atoms with Crippen LogP contribution in [0, 0.1) is 13.8 Å². The third-order valence-corrected chi connectivity index (χ3v) is 5.51. The average Bonchev–Trinajstić information content (AvgIpc) is 2.92. The van der Waals surface area contributed by atoms with Crippen molar-refractivity contribution in [3.8, 4) is 0 Å². The molecule has 0 spiro atoms. The van der Waals surface area contributed by atoms with E-state index in [4.69, 9.17) is 0 Å². The summed E-state index contributed by atoms with van der Waals surface area (Å²) in [6.07, 6.45) is -3.11. The van der Waals surface area contributed by atoms with Gasteiger partial charge in [-0.25, -0.2) is 9.98 Å². The maximum atomic E-state index is 13.2. The SMILES string of the molecule is Cc1ccc(C2=Nc3cccnc3N(CC(=O)Nc3cccc(C(F)(F)F)c3)C(=O)C2)cc1C. The van der Waals surface area contributed by atoms with Crippen molar-refractivity contribution in [3.05, 3.63) is 83.0 Å². The van der Waals surface area contributed by atoms with Gasteiger partial charge in [0, 0.05) is 11.9 Å². The lowest BCUT2D eigenvalue weighted by atomic mass is 10.0. The second-order valence-electron chi connectivity index (χ2n) is 7.99. The zero-order chi connectivity index (χ0) is 24.5. The molecule has 4 rings (SSSR count). The standard InChI is InChI=1S/C25H21F3N4O2/c1-15-8-9-17(11-16(15)2)21-13-23(34)32(24-20(31-21)7-4-10-29-24)14-22(33)30-19-6-3-5-18(12-19)25(26,27)28/h3-12H,13-14H2,1-2H3,(H,30,33). The van der Waals surface area contributed by atoms with E-state index in [-0.39, 0.29) is 17.9 Å². The van der Waals surface area contributed by atoms with Gasteiger partial charge in [0.05, 0.1) is 17.7 Å². The number of halogens is 3. The number of alkyl halides is 3. The number of carbonyl (C=O) groups excluding carboxylic acids is 2. The molecule has 0 aliphatic carbocycles. The van der Waals surface area contributed by atoms with Crippen molar-refractivity contribution in [2.45, 2.75) is 26.4 Å². The molecule has 1 N–H and O–H groups in total. The van der Waals surface area contributed by atoms with Crippen LogP contribution >= 0.6 is 0 Å². The number of aromatic nitrogens is 1. The van der Waals surface area contributed by atoms with Crippen LogP contribution in [0.3, 0.4) is 0 Å². The van der Waals surface area contributed by atoms with E-state index in [1.165, 1.54) is 23.2 Å². The summed E-state index contributed by atoms with van der Waals surface area (Å²) in [6.45, 7) is 3.54. The Hall–Kier alpha value is -4.01. The number of nitrogens with one attached hydrogen (secondary N) is 1. The van der Waals surface area contributed by atoms with E-state index in [0.717, 1.165) is 28.8 Å². The Morgan fingerprint density at radius 3 is 2.59 bits per heavy atom. The second kappa shape index (κ2) is 9.09. The van der Waals surface area contributed by atoms with Gasteiger partial charge >= 0.3 is 6.18 Å². The first-order valence-electron chi connectivity index (χ1n) is 10.5. The molecule has 0 atom stereocenters. The number of aliphatic imine (C=N–C) groups is 1. The summed E-state index contributed by atoms with van der Waals surface area (Å²) in [7, 11) is 0. The Morgan fingerprint density at radius 1 is 1.06 bits per heavy atom. The summed E-state index contributed by atoms with van der Waals surface area (Å²) in [5.74, 6) is -0.835. The minimum absolute atomic E-state index is 0.0181. The van der Waals surface area contributed by atoms with Gasteiger partial charge in [-0.05, 0) is 66.9 Å². The van der Waals surface area contributed by atoms with Crippen LogP contribution in [0.1, 0.15) is 28.7 Å². The van der Waals surface area contributed by atoms with Crippen molar-refractivity contribution in [2.75, 3.05) is 16.8 Å². The van der Waals surface area contributed by atoms with Gasteiger partial charge in [0.1, 0.15) is 12.2 Å². The number of rotatable bonds is 4. The van der Waals surface area contributed by atoms with Gasteiger partial charge in [0.25, 0.3) is 0 Å². The number of carbonyl (C=O) groups is 2. The quantitative estimate of drug-likeness (QED) is 0.573. The molecule has 6 nitrogen and oxygen atoms in total. The topological polar surface area (TPSA) is 74.7 Å². The van der Waals surface area contributed by atoms with Crippen LogP contribution in [0.4, 0.5) is 30.4 Å². The van der Waals surface area contributed by atoms with Gasteiger partial charge in [0.15, 0.2) is 5.82 Å². The predicted octanol–water partition coefficient (Wildman–Crippen LogP) is 5.21. The summed E-state index contributed by atoms with van der Waals surface area (Å²) in [6, 6.07) is 13.5. The zero-order valence-electron chi connectivity index (χ0n) is 18.5. The van der Waals surface area contributed by atoms with Crippen LogP contribution < -0.4 is 10.2 Å². The van der Waals surface area contributed by atoms with Crippen molar-refractivity contribution >= 4 is 34.7 Å². The molecule has 0 unspecified atom stereocenters. The molecule has 34 heavy (non-hydrogen) atoms. The lowest BCUT2D eigenvalue weighted by molar-refractivity contribution is -0.137. The summed E-state index contributed by atoms with van der Waals surface area (Å²) in [5, 5.41) is 2.43. The fourth-order valence-electron chi connectivity index (χ4n) is 3.59. The van der Waals surface area contributed by atoms with Gasteiger partial charge < -0.3 is 5.32 Å². The summed E-state index contributed by atoms with van der Waals surface area (Å²) in [4.78, 5) is 36.0. The monoisotopic (exact) mass is 466 g/mol. The van der Waals surface area contributed by atoms with Crippen molar-refractivity contribution in [1.29, 1.82) is 0 Å². The lowest BCUT2D eigenvalue weighted by Crippen LogP contribution is -2.39. The highest BCUT2D eigenvalue weighted by Gasteiger charge is 2.31. The second-order valence-corrected chi connectivity index (χ2v) is 7.99. The predicted molar refractivity (Wildman–Crippen MR) is 123 cm³/mol. The fraction of sp³-hybridized carbons (Fsp3) is 0.200. The Balaban J connectivity index is 1.59. The minimum atomic E-state index is -4.54. The van der Waals surface area contributed by atoms with Crippen LogP contribution in [0.15, 0.2) is 65.8 Å². The number of amides is 2. The highest BCUT2D eigenvalue weighted by Crippen LogP contribution is 2.32. The molecule has 1 aliphatic heterocycles. The van der Waals surface area contributed by atoms with Gasteiger partial charge in [-0.2, -0.15) is 13.2 Å². The molecule has 0 saturated heterocycles. The van der Waals surface area contributed by atoms with E-state index in [1.54, 1.807) is 12.1 Å². The average molecular weight is 466 g/mol. The number of nitrogens with zero attached hydrogens (tertiary/aromatic N) is 3. The Labute approximate surface area is 194 Å². The number of aryl methyl sites for hydroxylation is 2. The van der Waals surface area contributed by atoms with E-state index in [0.29, 0.717) is 11.4 Å². The maximum Gasteiger partial charge on any atom is 0.416 e. The molecule has 0 radical (unpaired) electrons. The molecule has 3 aromatic rings. The third-order valence-electron chi connectivity index (χ3n) is 5.51. The van der Waals surface area contributed by atoms with Crippen LogP contribution in [0.2, 0.25) is 0 Å². The molecular weight excluding hydrogens is 445 g/mol. The molecule has 2 aromatic carbocycles. The molecule has 174 valence electrons. The molecule has 0 saturated carbocycles. The number of hydrogen-bond acceptors (Lipinski definition) is 4. The van der Waals surface area contributed by atoms with Crippen LogP contribution in [-0.2, 0) is 15.8 Å². The van der Waals surface area contributed by atoms with E-state index < -0.39 is 30.1 Å². The van der Waals surface area contributed by atoms with E-state index in [9.17, 15) is 22.8 Å². The van der Waals surface area contributed by atoms with Crippen molar-refractivity contribution < 1.29 is 22.8 Å². The molecular formula is C25H21F3N4O2. The zero-order valence-corrected chi connectivity index (χ0v) is 18.5. The number of pyridine rings is 1. The third kappa shape index (κ3) is 4.98. The Morgan fingerprint density at radius 2 is 1.85 bits per heavy atom. The van der Waals surface area contributed by atoms with Gasteiger partial charge in [-0.1, -0.05) is 18.2 Å². The Bertz CT molecular complexity index is 1300. The summed E-state index contributed by atoms with van der Waals surface area (Å²) >= 11 is 0. The first-order valence-corrected chi connectivity index (χ1v) is 10.5. The highest BCUT2D eigenvalue weighted by atomic mass is 19.4. The van der Waals surface area contributed by atoms with Crippen LogP contribution in [-0.4, -0.2) is 29.1 Å². The lowest BCUT2D eigenvalue weighted by Gasteiger charge is -2.20. The maximum absolute atomic E-state index is 13.2. The molecule has 0 fully saturated rings. The highest BCUT2D eigenvalue weighted by molar-refractivity contribution is 6.18. The van der Waals surface area contributed by atoms with Gasteiger partial charge in [-0.3, -0.25) is 14.5 Å². The smallest absolute Gasteiger partial charge is 0.325 e.